The lowest BCUT2D eigenvalue weighted by atomic mass is 9.94. The van der Waals surface area contributed by atoms with Gasteiger partial charge in [0.2, 0.25) is 6.08 Å². The number of hydrogen-bond acceptors (Lipinski definition) is 4. The second-order valence-corrected chi connectivity index (χ2v) is 5.11. The topological polar surface area (TPSA) is 59.0 Å². The molecule has 1 amide bonds. The fraction of sp³-hybridized carbons (Fsp3) is 0.818. The molecule has 0 aliphatic carbocycles. The zero-order chi connectivity index (χ0) is 12.3. The van der Waals surface area contributed by atoms with Crippen molar-refractivity contribution in [1.29, 1.82) is 0 Å². The summed E-state index contributed by atoms with van der Waals surface area (Å²) in [6.07, 6.45) is 1.24. The maximum Gasteiger partial charge on any atom is 0.410 e. The number of amides is 1. The third-order valence-corrected chi connectivity index (χ3v) is 2.50. The minimum absolute atomic E-state index is 0.0730. The van der Waals surface area contributed by atoms with E-state index < -0.39 is 5.60 Å². The normalized spacial score (nSPS) is 18.4. The summed E-state index contributed by atoms with van der Waals surface area (Å²) < 4.78 is 5.21. The van der Waals surface area contributed by atoms with Crippen LogP contribution in [0.1, 0.15) is 27.7 Å². The van der Waals surface area contributed by atoms with Crippen LogP contribution in [0.25, 0.3) is 0 Å². The molecule has 1 saturated heterocycles. The lowest BCUT2D eigenvalue weighted by Gasteiger charge is -2.41. The highest BCUT2D eigenvalue weighted by Gasteiger charge is 2.36. The molecule has 1 aliphatic heterocycles. The third kappa shape index (κ3) is 3.35. The second-order valence-electron chi connectivity index (χ2n) is 5.11. The number of isocyanates is 1. The number of nitrogens with zero attached hydrogens (tertiary/aromatic N) is 2. The highest BCUT2D eigenvalue weighted by Crippen LogP contribution is 2.23. The van der Waals surface area contributed by atoms with E-state index in [0.29, 0.717) is 13.1 Å². The van der Waals surface area contributed by atoms with E-state index in [1.807, 2.05) is 27.7 Å². The Hall–Kier alpha value is -1.35. The Bertz CT molecular complexity index is 310. The van der Waals surface area contributed by atoms with Crippen molar-refractivity contribution in [3.63, 3.8) is 0 Å². The zero-order valence-corrected chi connectivity index (χ0v) is 10.2. The maximum absolute atomic E-state index is 11.6. The van der Waals surface area contributed by atoms with Crippen LogP contribution in [0.2, 0.25) is 0 Å². The summed E-state index contributed by atoms with van der Waals surface area (Å²) in [7, 11) is 0. The van der Waals surface area contributed by atoms with Gasteiger partial charge < -0.3 is 9.64 Å². The van der Waals surface area contributed by atoms with Gasteiger partial charge in [-0.15, -0.1) is 0 Å². The van der Waals surface area contributed by atoms with E-state index in [1.165, 1.54) is 6.08 Å². The molecule has 0 N–H and O–H groups in total. The van der Waals surface area contributed by atoms with Gasteiger partial charge >= 0.3 is 6.09 Å². The lowest BCUT2D eigenvalue weighted by Crippen LogP contribution is -2.54. The highest BCUT2D eigenvalue weighted by molar-refractivity contribution is 5.69. The van der Waals surface area contributed by atoms with E-state index in [1.54, 1.807) is 4.90 Å². The summed E-state index contributed by atoms with van der Waals surface area (Å²) >= 11 is 0. The van der Waals surface area contributed by atoms with Gasteiger partial charge in [-0.25, -0.2) is 14.6 Å². The molecule has 0 radical (unpaired) electrons. The van der Waals surface area contributed by atoms with Crippen LogP contribution < -0.4 is 0 Å². The highest BCUT2D eigenvalue weighted by atomic mass is 16.6. The van der Waals surface area contributed by atoms with Crippen molar-refractivity contribution in [3.05, 3.63) is 0 Å². The van der Waals surface area contributed by atoms with E-state index in [9.17, 15) is 9.59 Å². The molecule has 0 bridgehead atoms. The first-order chi connectivity index (χ1) is 7.33. The first-order valence-corrected chi connectivity index (χ1v) is 5.38. The molecule has 1 rings (SSSR count). The molecule has 1 heterocycles. The molecule has 1 aliphatic rings. The summed E-state index contributed by atoms with van der Waals surface area (Å²) in [5, 5.41) is 0. The number of likely N-dealkylation sites (tertiary alicyclic amines) is 1. The fourth-order valence-corrected chi connectivity index (χ4v) is 1.48. The first kappa shape index (κ1) is 12.7. The van der Waals surface area contributed by atoms with Crippen LogP contribution in [0.5, 0.6) is 0 Å². The third-order valence-electron chi connectivity index (χ3n) is 2.50. The molecular formula is C11H18N2O3. The van der Waals surface area contributed by atoms with E-state index in [0.717, 1.165) is 0 Å². The average Bonchev–Trinajstić information content (AvgIpc) is 1.97. The Morgan fingerprint density at radius 2 is 2.06 bits per heavy atom. The first-order valence-electron chi connectivity index (χ1n) is 5.38. The van der Waals surface area contributed by atoms with Gasteiger partial charge in [-0.05, 0) is 27.7 Å². The van der Waals surface area contributed by atoms with E-state index in [-0.39, 0.29) is 18.1 Å². The summed E-state index contributed by atoms with van der Waals surface area (Å²) in [5.74, 6) is 0.244. The SMILES string of the molecule is CC(N=C=O)C1CN(C(=O)OC(C)(C)C)C1. The van der Waals surface area contributed by atoms with E-state index >= 15 is 0 Å². The quantitative estimate of drug-likeness (QED) is 0.530. The predicted octanol–water partition coefficient (Wildman–Crippen LogP) is 1.58. The van der Waals surface area contributed by atoms with Gasteiger partial charge in [0, 0.05) is 19.0 Å². The number of carbonyl (C=O) groups is 1. The molecule has 0 aromatic rings. The number of rotatable bonds is 2. The van der Waals surface area contributed by atoms with Gasteiger partial charge in [-0.3, -0.25) is 0 Å². The molecule has 0 saturated carbocycles. The Labute approximate surface area is 95.5 Å². The van der Waals surface area contributed by atoms with Crippen LogP contribution in [0.4, 0.5) is 4.79 Å². The Kier molecular flexibility index (Phi) is 3.70. The van der Waals surface area contributed by atoms with E-state index in [4.69, 9.17) is 4.74 Å². The summed E-state index contributed by atoms with van der Waals surface area (Å²) in [6, 6.07) is -0.0730. The van der Waals surface area contributed by atoms with Crippen LogP contribution in [0.15, 0.2) is 4.99 Å². The molecule has 0 spiro atoms. The van der Waals surface area contributed by atoms with Gasteiger partial charge in [-0.1, -0.05) is 0 Å². The molecule has 0 aromatic carbocycles. The number of carbonyl (C=O) groups excluding carboxylic acids is 2. The van der Waals surface area contributed by atoms with Crippen LogP contribution in [-0.4, -0.2) is 41.8 Å². The molecule has 1 unspecified atom stereocenters. The smallest absolute Gasteiger partial charge is 0.410 e. The molecule has 5 nitrogen and oxygen atoms in total. The standard InChI is InChI=1S/C11H18N2O3/c1-8(12-7-14)9-5-13(6-9)10(15)16-11(2,3)4/h8-9H,5-6H2,1-4H3. The van der Waals surface area contributed by atoms with Crippen molar-refractivity contribution < 1.29 is 14.3 Å². The van der Waals surface area contributed by atoms with Gasteiger partial charge in [0.15, 0.2) is 0 Å². The van der Waals surface area contributed by atoms with Gasteiger partial charge in [0.1, 0.15) is 5.60 Å². The molecule has 16 heavy (non-hydrogen) atoms. The van der Waals surface area contributed by atoms with Crippen molar-refractivity contribution in [3.8, 4) is 0 Å². The zero-order valence-electron chi connectivity index (χ0n) is 10.2. The minimum Gasteiger partial charge on any atom is -0.444 e. The fourth-order valence-electron chi connectivity index (χ4n) is 1.48. The van der Waals surface area contributed by atoms with Gasteiger partial charge in [0.05, 0.1) is 6.04 Å². The van der Waals surface area contributed by atoms with Crippen molar-refractivity contribution in [2.24, 2.45) is 10.9 Å². The molecule has 1 fully saturated rings. The second kappa shape index (κ2) is 4.66. The van der Waals surface area contributed by atoms with Crippen molar-refractivity contribution in [2.75, 3.05) is 13.1 Å². The number of hydrogen-bond donors (Lipinski definition) is 0. The monoisotopic (exact) mass is 226 g/mol. The van der Waals surface area contributed by atoms with Crippen molar-refractivity contribution in [2.45, 2.75) is 39.3 Å². The maximum atomic E-state index is 11.6. The molecular weight excluding hydrogens is 208 g/mol. The van der Waals surface area contributed by atoms with Crippen molar-refractivity contribution >= 4 is 12.2 Å². The molecule has 90 valence electrons. The number of ether oxygens (including phenoxy) is 1. The van der Waals surface area contributed by atoms with Gasteiger partial charge in [-0.2, -0.15) is 0 Å². The van der Waals surface area contributed by atoms with Crippen molar-refractivity contribution in [1.82, 2.24) is 4.90 Å². The molecule has 0 aromatic heterocycles. The molecule has 5 heteroatoms. The number of aliphatic imine (C=N–C) groups is 1. The Morgan fingerprint density at radius 3 is 2.50 bits per heavy atom. The minimum atomic E-state index is -0.464. The summed E-state index contributed by atoms with van der Waals surface area (Å²) in [6.45, 7) is 8.55. The lowest BCUT2D eigenvalue weighted by molar-refractivity contribution is -0.00357. The van der Waals surface area contributed by atoms with E-state index in [2.05, 4.69) is 4.99 Å². The average molecular weight is 226 g/mol. The summed E-state index contributed by atoms with van der Waals surface area (Å²) in [4.78, 5) is 26.9. The predicted molar refractivity (Wildman–Crippen MR) is 58.9 cm³/mol. The van der Waals surface area contributed by atoms with Gasteiger partial charge in [0.25, 0.3) is 0 Å². The summed E-state index contributed by atoms with van der Waals surface area (Å²) in [5.41, 5.74) is -0.464. The van der Waals surface area contributed by atoms with Crippen LogP contribution in [-0.2, 0) is 9.53 Å². The van der Waals surface area contributed by atoms with Crippen LogP contribution in [0.3, 0.4) is 0 Å². The largest absolute Gasteiger partial charge is 0.444 e. The molecule has 1 atom stereocenters. The Balaban J connectivity index is 2.36. The van der Waals surface area contributed by atoms with Crippen LogP contribution in [0, 0.1) is 5.92 Å². The van der Waals surface area contributed by atoms with Crippen LogP contribution >= 0.6 is 0 Å². The Morgan fingerprint density at radius 1 is 1.50 bits per heavy atom.